The van der Waals surface area contributed by atoms with E-state index in [-0.39, 0.29) is 5.56 Å². The number of carbonyl (C=O) groups is 1. The van der Waals surface area contributed by atoms with Gasteiger partial charge >= 0.3 is 0 Å². The standard InChI is InChI=1S/C25H24F3N3O4/c1-25(2,34)14-10-16(26)21(17(27)11-14)22-18(28)12-19(32)23(30-22)24(33)31(15-6-5-8-29-13-15)20-7-3-4-9-35-20/h5-6,8,10-13,20,32,34H,3-4,7,9H2,1-2H3. The van der Waals surface area contributed by atoms with Gasteiger partial charge in [-0.05, 0) is 62.9 Å². The Kier molecular flexibility index (Phi) is 6.77. The van der Waals surface area contributed by atoms with Crippen LogP contribution in [0.1, 0.15) is 49.2 Å². The smallest absolute Gasteiger partial charge is 0.282 e. The van der Waals surface area contributed by atoms with Crippen LogP contribution < -0.4 is 4.90 Å². The van der Waals surface area contributed by atoms with Gasteiger partial charge < -0.3 is 14.9 Å². The highest BCUT2D eigenvalue weighted by atomic mass is 19.1. The summed E-state index contributed by atoms with van der Waals surface area (Å²) in [7, 11) is 0. The van der Waals surface area contributed by atoms with Crippen molar-refractivity contribution in [2.75, 3.05) is 11.5 Å². The molecule has 1 saturated heterocycles. The predicted octanol–water partition coefficient (Wildman–Crippen LogP) is 4.67. The van der Waals surface area contributed by atoms with Crippen molar-refractivity contribution in [1.82, 2.24) is 9.97 Å². The number of benzene rings is 1. The van der Waals surface area contributed by atoms with E-state index in [2.05, 4.69) is 9.97 Å². The minimum absolute atomic E-state index is 0.0658. The average molecular weight is 487 g/mol. The molecule has 2 aromatic heterocycles. The fourth-order valence-corrected chi connectivity index (χ4v) is 3.92. The van der Waals surface area contributed by atoms with Gasteiger partial charge in [0.25, 0.3) is 5.91 Å². The van der Waals surface area contributed by atoms with Crippen molar-refractivity contribution in [2.45, 2.75) is 44.9 Å². The summed E-state index contributed by atoms with van der Waals surface area (Å²) in [6.07, 6.45) is 4.34. The van der Waals surface area contributed by atoms with Crippen LogP contribution in [-0.2, 0) is 10.3 Å². The molecule has 2 N–H and O–H groups in total. The molecule has 0 aliphatic carbocycles. The van der Waals surface area contributed by atoms with Crippen LogP contribution in [0.4, 0.5) is 18.9 Å². The van der Waals surface area contributed by atoms with Crippen molar-refractivity contribution in [3.05, 3.63) is 71.4 Å². The number of amides is 1. The third-order valence-electron chi connectivity index (χ3n) is 5.73. The van der Waals surface area contributed by atoms with Gasteiger partial charge in [-0.15, -0.1) is 0 Å². The first-order valence-electron chi connectivity index (χ1n) is 11.0. The first-order valence-corrected chi connectivity index (χ1v) is 11.0. The van der Waals surface area contributed by atoms with Gasteiger partial charge in [0.05, 0.1) is 23.0 Å². The molecule has 0 radical (unpaired) electrons. The van der Waals surface area contributed by atoms with Crippen LogP contribution in [-0.4, -0.2) is 38.9 Å². The molecule has 0 bridgehead atoms. The lowest BCUT2D eigenvalue weighted by Gasteiger charge is -2.34. The third kappa shape index (κ3) is 4.98. The molecule has 1 unspecified atom stereocenters. The minimum atomic E-state index is -1.55. The lowest BCUT2D eigenvalue weighted by molar-refractivity contribution is 0.0142. The molecule has 3 aromatic rings. The Morgan fingerprint density at radius 2 is 1.86 bits per heavy atom. The van der Waals surface area contributed by atoms with Crippen molar-refractivity contribution < 1.29 is 32.9 Å². The first kappa shape index (κ1) is 24.6. The second-order valence-corrected chi connectivity index (χ2v) is 8.77. The highest BCUT2D eigenvalue weighted by Gasteiger charge is 2.33. The van der Waals surface area contributed by atoms with E-state index in [9.17, 15) is 28.2 Å². The van der Waals surface area contributed by atoms with E-state index in [0.717, 1.165) is 25.0 Å². The Hall–Kier alpha value is -3.50. The van der Waals surface area contributed by atoms with Crippen molar-refractivity contribution >= 4 is 11.6 Å². The van der Waals surface area contributed by atoms with E-state index in [1.54, 1.807) is 12.1 Å². The van der Waals surface area contributed by atoms with Crippen molar-refractivity contribution in [2.24, 2.45) is 0 Å². The fraction of sp³-hybridized carbons (Fsp3) is 0.320. The summed E-state index contributed by atoms with van der Waals surface area (Å²) in [4.78, 5) is 22.7. The predicted molar refractivity (Wildman–Crippen MR) is 121 cm³/mol. The molecule has 0 spiro atoms. The van der Waals surface area contributed by atoms with E-state index < -0.39 is 57.9 Å². The van der Waals surface area contributed by atoms with Gasteiger partial charge in [0, 0.05) is 18.9 Å². The van der Waals surface area contributed by atoms with Crippen LogP contribution in [0.2, 0.25) is 0 Å². The molecule has 1 aliphatic rings. The summed E-state index contributed by atoms with van der Waals surface area (Å²) in [5.41, 5.74) is -3.49. The monoisotopic (exact) mass is 487 g/mol. The van der Waals surface area contributed by atoms with E-state index in [0.29, 0.717) is 24.8 Å². The molecule has 10 heteroatoms. The number of nitrogens with zero attached hydrogens (tertiary/aromatic N) is 3. The second-order valence-electron chi connectivity index (χ2n) is 8.77. The summed E-state index contributed by atoms with van der Waals surface area (Å²) in [5, 5.41) is 20.5. The molecular weight excluding hydrogens is 463 g/mol. The van der Waals surface area contributed by atoms with Gasteiger partial charge in [-0.25, -0.2) is 18.2 Å². The van der Waals surface area contributed by atoms with Gasteiger partial charge in [0.1, 0.15) is 29.3 Å². The molecule has 0 saturated carbocycles. The van der Waals surface area contributed by atoms with Crippen molar-refractivity contribution in [3.8, 4) is 17.0 Å². The lowest BCUT2D eigenvalue weighted by atomic mass is 9.95. The third-order valence-corrected chi connectivity index (χ3v) is 5.73. The molecule has 1 aromatic carbocycles. The SMILES string of the molecule is CC(C)(O)c1cc(F)c(-c2nc(C(=O)N(c3cccnc3)C3CCCCO3)c(O)cc2F)c(F)c1. The van der Waals surface area contributed by atoms with Crippen LogP contribution in [0.5, 0.6) is 5.75 Å². The van der Waals surface area contributed by atoms with E-state index in [1.165, 1.54) is 31.1 Å². The maximum absolute atomic E-state index is 14.9. The summed E-state index contributed by atoms with van der Waals surface area (Å²) < 4.78 is 50.4. The molecule has 1 atom stereocenters. The molecule has 1 fully saturated rings. The number of hydrogen-bond acceptors (Lipinski definition) is 6. The molecule has 184 valence electrons. The Morgan fingerprint density at radius 1 is 1.14 bits per heavy atom. The molecule has 35 heavy (non-hydrogen) atoms. The summed E-state index contributed by atoms with van der Waals surface area (Å²) in [5.74, 6) is -5.24. The normalized spacial score (nSPS) is 16.2. The summed E-state index contributed by atoms with van der Waals surface area (Å²) >= 11 is 0. The minimum Gasteiger partial charge on any atom is -0.505 e. The number of anilines is 1. The second kappa shape index (κ2) is 9.63. The Bertz CT molecular complexity index is 1220. The Labute approximate surface area is 199 Å². The quantitative estimate of drug-likeness (QED) is 0.543. The van der Waals surface area contributed by atoms with Crippen LogP contribution in [0.15, 0.2) is 42.7 Å². The summed E-state index contributed by atoms with van der Waals surface area (Å²) in [6.45, 7) is 3.10. The van der Waals surface area contributed by atoms with Gasteiger partial charge in [-0.3, -0.25) is 14.7 Å². The van der Waals surface area contributed by atoms with E-state index in [1.807, 2.05) is 0 Å². The molecule has 3 heterocycles. The first-order chi connectivity index (χ1) is 16.6. The largest absolute Gasteiger partial charge is 0.505 e. The molecular formula is C25H24F3N3O4. The molecule has 7 nitrogen and oxygen atoms in total. The zero-order chi connectivity index (χ0) is 25.3. The lowest BCUT2D eigenvalue weighted by Crippen LogP contribution is -2.44. The molecule has 1 amide bonds. The van der Waals surface area contributed by atoms with Gasteiger partial charge in [-0.2, -0.15) is 0 Å². The number of aromatic hydroxyl groups is 1. The number of ether oxygens (including phenoxy) is 1. The topological polar surface area (TPSA) is 95.8 Å². The number of pyridine rings is 2. The highest BCUT2D eigenvalue weighted by molar-refractivity contribution is 6.07. The number of hydrogen-bond donors (Lipinski definition) is 2. The van der Waals surface area contributed by atoms with Gasteiger partial charge in [-0.1, -0.05) is 0 Å². The maximum Gasteiger partial charge on any atom is 0.282 e. The van der Waals surface area contributed by atoms with Crippen molar-refractivity contribution in [3.63, 3.8) is 0 Å². The van der Waals surface area contributed by atoms with E-state index in [4.69, 9.17) is 4.74 Å². The number of halogens is 3. The average Bonchev–Trinajstić information content (AvgIpc) is 2.81. The number of aliphatic hydroxyl groups is 1. The fourth-order valence-electron chi connectivity index (χ4n) is 3.92. The summed E-state index contributed by atoms with van der Waals surface area (Å²) in [6, 6.07) is 5.54. The van der Waals surface area contributed by atoms with Crippen LogP contribution in [0.25, 0.3) is 11.3 Å². The van der Waals surface area contributed by atoms with E-state index >= 15 is 0 Å². The molecule has 1 aliphatic heterocycles. The van der Waals surface area contributed by atoms with Crippen LogP contribution >= 0.6 is 0 Å². The molecule has 4 rings (SSSR count). The highest BCUT2D eigenvalue weighted by Crippen LogP contribution is 2.34. The van der Waals surface area contributed by atoms with Crippen LogP contribution in [0, 0.1) is 17.5 Å². The zero-order valence-corrected chi connectivity index (χ0v) is 19.1. The van der Waals surface area contributed by atoms with Crippen LogP contribution in [0.3, 0.4) is 0 Å². The number of aromatic nitrogens is 2. The Balaban J connectivity index is 1.82. The Morgan fingerprint density at radius 3 is 2.43 bits per heavy atom. The van der Waals surface area contributed by atoms with Gasteiger partial charge in [0.15, 0.2) is 11.5 Å². The number of carbonyl (C=O) groups excluding carboxylic acids is 1. The van der Waals surface area contributed by atoms with Gasteiger partial charge in [0.2, 0.25) is 0 Å². The number of rotatable bonds is 5. The van der Waals surface area contributed by atoms with Crippen molar-refractivity contribution in [1.29, 1.82) is 0 Å². The maximum atomic E-state index is 14.9. The zero-order valence-electron chi connectivity index (χ0n) is 19.1.